The van der Waals surface area contributed by atoms with Gasteiger partial charge < -0.3 is 14.8 Å². The summed E-state index contributed by atoms with van der Waals surface area (Å²) in [6.07, 6.45) is 0. The largest absolute Gasteiger partial charge is 0.493 e. The Morgan fingerprint density at radius 2 is 1.82 bits per heavy atom. The maximum Gasteiger partial charge on any atom is 0.264 e. The number of methoxy groups -OCH3 is 1. The van der Waals surface area contributed by atoms with Gasteiger partial charge in [0, 0.05) is 12.6 Å². The molecule has 0 unspecified atom stereocenters. The van der Waals surface area contributed by atoms with Crippen molar-refractivity contribution in [3.8, 4) is 17.6 Å². The summed E-state index contributed by atoms with van der Waals surface area (Å²) in [4.78, 5) is 12.5. The average molecular weight is 500 g/mol. The maximum absolute atomic E-state index is 13.3. The van der Waals surface area contributed by atoms with Crippen LogP contribution in [0.15, 0.2) is 71.6 Å². The molecule has 3 aromatic rings. The standard InChI is InChI=1S/C24H22ClN3O5S/c1-3-28(18-7-5-4-6-8-18)34(30,31)19-10-11-20(25)21(14-19)27-24(29)16-33-22-12-9-17(15-26)13-23(22)32-2/h4-14H,3,16H2,1-2H3,(H,27,29). The van der Waals surface area contributed by atoms with Crippen molar-refractivity contribution in [1.82, 2.24) is 0 Å². The normalized spacial score (nSPS) is 10.8. The summed E-state index contributed by atoms with van der Waals surface area (Å²) in [6, 6.07) is 19.4. The zero-order chi connectivity index (χ0) is 24.7. The van der Waals surface area contributed by atoms with Gasteiger partial charge in [0.2, 0.25) is 0 Å². The van der Waals surface area contributed by atoms with Crippen molar-refractivity contribution in [3.05, 3.63) is 77.3 Å². The smallest absolute Gasteiger partial charge is 0.264 e. The van der Waals surface area contributed by atoms with Gasteiger partial charge in [-0.1, -0.05) is 29.8 Å². The van der Waals surface area contributed by atoms with Crippen LogP contribution in [0.5, 0.6) is 11.5 Å². The molecule has 1 amide bonds. The molecule has 8 nitrogen and oxygen atoms in total. The van der Waals surface area contributed by atoms with Gasteiger partial charge >= 0.3 is 0 Å². The number of benzene rings is 3. The first kappa shape index (κ1) is 24.9. The van der Waals surface area contributed by atoms with E-state index in [1.165, 1.54) is 47.8 Å². The number of nitrogens with zero attached hydrogens (tertiary/aromatic N) is 2. The van der Waals surface area contributed by atoms with Crippen molar-refractivity contribution >= 4 is 38.9 Å². The fourth-order valence-electron chi connectivity index (χ4n) is 3.16. The second-order valence-corrected chi connectivity index (χ2v) is 9.23. The molecule has 0 aromatic heterocycles. The number of amides is 1. The van der Waals surface area contributed by atoms with Gasteiger partial charge in [-0.05, 0) is 49.4 Å². The number of hydrogen-bond acceptors (Lipinski definition) is 6. The van der Waals surface area contributed by atoms with E-state index in [-0.39, 0.29) is 34.5 Å². The zero-order valence-electron chi connectivity index (χ0n) is 18.5. The molecular formula is C24H22ClN3O5S. The number of nitrogens with one attached hydrogen (secondary N) is 1. The molecule has 3 rings (SSSR count). The fraction of sp³-hybridized carbons (Fsp3) is 0.167. The van der Waals surface area contributed by atoms with Gasteiger partial charge in [-0.2, -0.15) is 5.26 Å². The average Bonchev–Trinajstić information content (AvgIpc) is 2.84. The van der Waals surface area contributed by atoms with Crippen LogP contribution in [-0.2, 0) is 14.8 Å². The molecule has 10 heteroatoms. The molecule has 0 aliphatic heterocycles. The third-order valence-electron chi connectivity index (χ3n) is 4.78. The number of halogens is 1. The second kappa shape index (κ2) is 10.9. The lowest BCUT2D eigenvalue weighted by molar-refractivity contribution is -0.118. The molecule has 0 heterocycles. The van der Waals surface area contributed by atoms with Crippen molar-refractivity contribution in [3.63, 3.8) is 0 Å². The summed E-state index contributed by atoms with van der Waals surface area (Å²) in [5, 5.41) is 11.7. The minimum Gasteiger partial charge on any atom is -0.493 e. The number of para-hydroxylation sites is 1. The predicted octanol–water partition coefficient (Wildman–Crippen LogP) is 4.45. The van der Waals surface area contributed by atoms with Crippen molar-refractivity contribution in [2.45, 2.75) is 11.8 Å². The SMILES string of the molecule is CCN(c1ccccc1)S(=O)(=O)c1ccc(Cl)c(NC(=O)COc2ccc(C#N)cc2OC)c1. The van der Waals surface area contributed by atoms with E-state index in [1.54, 1.807) is 37.3 Å². The number of sulfonamides is 1. The highest BCUT2D eigenvalue weighted by Crippen LogP contribution is 2.30. The van der Waals surface area contributed by atoms with E-state index in [0.717, 1.165) is 0 Å². The van der Waals surface area contributed by atoms with Crippen LogP contribution in [0.3, 0.4) is 0 Å². The molecule has 176 valence electrons. The monoisotopic (exact) mass is 499 g/mol. The van der Waals surface area contributed by atoms with Gasteiger partial charge in [-0.3, -0.25) is 9.10 Å². The van der Waals surface area contributed by atoms with E-state index in [4.69, 9.17) is 26.3 Å². The summed E-state index contributed by atoms with van der Waals surface area (Å²) in [6.45, 7) is 1.56. The Morgan fingerprint density at radius 1 is 1.09 bits per heavy atom. The van der Waals surface area contributed by atoms with Crippen molar-refractivity contribution in [2.75, 3.05) is 29.9 Å². The Labute approximate surface area is 203 Å². The summed E-state index contributed by atoms with van der Waals surface area (Å²) in [7, 11) is -2.48. The lowest BCUT2D eigenvalue weighted by atomic mass is 10.2. The van der Waals surface area contributed by atoms with E-state index < -0.39 is 15.9 Å². The molecule has 0 saturated heterocycles. The maximum atomic E-state index is 13.3. The van der Waals surface area contributed by atoms with E-state index in [9.17, 15) is 13.2 Å². The number of anilines is 2. The van der Waals surface area contributed by atoms with Gasteiger partial charge in [0.15, 0.2) is 18.1 Å². The van der Waals surface area contributed by atoms with Crippen molar-refractivity contribution < 1.29 is 22.7 Å². The van der Waals surface area contributed by atoms with Crippen LogP contribution in [0.25, 0.3) is 0 Å². The molecular weight excluding hydrogens is 478 g/mol. The molecule has 34 heavy (non-hydrogen) atoms. The summed E-state index contributed by atoms with van der Waals surface area (Å²) < 4.78 is 38.5. The molecule has 0 spiro atoms. The van der Waals surface area contributed by atoms with E-state index in [0.29, 0.717) is 17.0 Å². The molecule has 0 bridgehead atoms. The van der Waals surface area contributed by atoms with Crippen molar-refractivity contribution in [1.29, 1.82) is 5.26 Å². The van der Waals surface area contributed by atoms with Crippen LogP contribution < -0.4 is 19.1 Å². The third kappa shape index (κ3) is 5.60. The minimum atomic E-state index is -3.90. The summed E-state index contributed by atoms with van der Waals surface area (Å²) in [5.74, 6) is 0.0253. The number of rotatable bonds is 9. The number of carbonyl (C=O) groups excluding carboxylic acids is 1. The lowest BCUT2D eigenvalue weighted by Crippen LogP contribution is -2.30. The van der Waals surface area contributed by atoms with Crippen LogP contribution in [-0.4, -0.2) is 34.6 Å². The molecule has 1 N–H and O–H groups in total. The Hall–Kier alpha value is -3.74. The lowest BCUT2D eigenvalue weighted by Gasteiger charge is -2.23. The highest BCUT2D eigenvalue weighted by atomic mass is 35.5. The Morgan fingerprint density at radius 3 is 2.47 bits per heavy atom. The predicted molar refractivity (Wildman–Crippen MR) is 130 cm³/mol. The summed E-state index contributed by atoms with van der Waals surface area (Å²) >= 11 is 6.20. The van der Waals surface area contributed by atoms with Crippen LogP contribution in [0.2, 0.25) is 5.02 Å². The van der Waals surface area contributed by atoms with E-state index >= 15 is 0 Å². The first-order valence-electron chi connectivity index (χ1n) is 10.2. The van der Waals surface area contributed by atoms with E-state index in [2.05, 4.69) is 5.32 Å². The van der Waals surface area contributed by atoms with E-state index in [1.807, 2.05) is 6.07 Å². The molecule has 3 aromatic carbocycles. The van der Waals surface area contributed by atoms with Crippen LogP contribution in [0, 0.1) is 11.3 Å². The topological polar surface area (TPSA) is 109 Å². The van der Waals surface area contributed by atoms with Crippen LogP contribution in [0.4, 0.5) is 11.4 Å². The molecule has 0 atom stereocenters. The number of ether oxygens (including phenoxy) is 2. The number of hydrogen-bond donors (Lipinski definition) is 1. The van der Waals surface area contributed by atoms with Crippen molar-refractivity contribution in [2.24, 2.45) is 0 Å². The fourth-order valence-corrected chi connectivity index (χ4v) is 4.82. The Balaban J connectivity index is 1.78. The Kier molecular flexibility index (Phi) is 7.99. The van der Waals surface area contributed by atoms with Gasteiger partial charge in [0.05, 0.1) is 40.0 Å². The highest BCUT2D eigenvalue weighted by Gasteiger charge is 2.24. The first-order valence-corrected chi connectivity index (χ1v) is 12.0. The molecule has 0 saturated carbocycles. The van der Waals surface area contributed by atoms with Gasteiger partial charge in [0.1, 0.15) is 0 Å². The zero-order valence-corrected chi connectivity index (χ0v) is 20.1. The second-order valence-electron chi connectivity index (χ2n) is 6.96. The van der Waals surface area contributed by atoms with Gasteiger partial charge in [0.25, 0.3) is 15.9 Å². The number of carbonyl (C=O) groups is 1. The molecule has 0 aliphatic carbocycles. The highest BCUT2D eigenvalue weighted by molar-refractivity contribution is 7.92. The van der Waals surface area contributed by atoms with Crippen LogP contribution >= 0.6 is 11.6 Å². The van der Waals surface area contributed by atoms with Crippen LogP contribution in [0.1, 0.15) is 12.5 Å². The summed E-state index contributed by atoms with van der Waals surface area (Å²) in [5.41, 5.74) is 1.04. The first-order chi connectivity index (χ1) is 16.3. The quantitative estimate of drug-likeness (QED) is 0.465. The minimum absolute atomic E-state index is 0.0208. The van der Waals surface area contributed by atoms with Gasteiger partial charge in [-0.15, -0.1) is 0 Å². The van der Waals surface area contributed by atoms with Gasteiger partial charge in [-0.25, -0.2) is 8.42 Å². The number of nitriles is 1. The molecule has 0 aliphatic rings. The Bertz CT molecular complexity index is 1320. The third-order valence-corrected chi connectivity index (χ3v) is 7.01. The molecule has 0 fully saturated rings. The molecule has 0 radical (unpaired) electrons.